The van der Waals surface area contributed by atoms with Gasteiger partial charge in [0.2, 0.25) is 0 Å². The molecule has 2 atom stereocenters. The van der Waals surface area contributed by atoms with Gasteiger partial charge in [0, 0.05) is 25.0 Å². The normalized spacial score (nSPS) is 24.6. The van der Waals surface area contributed by atoms with Crippen LogP contribution in [0.1, 0.15) is 32.1 Å². The molecule has 3 nitrogen and oxygen atoms in total. The van der Waals surface area contributed by atoms with E-state index in [0.29, 0.717) is 19.4 Å². The van der Waals surface area contributed by atoms with Crippen molar-refractivity contribution in [3.05, 3.63) is 18.5 Å². The Morgan fingerprint density at radius 2 is 2.05 bits per heavy atom. The lowest BCUT2D eigenvalue weighted by Crippen LogP contribution is -2.45. The van der Waals surface area contributed by atoms with E-state index in [-0.39, 0.29) is 6.42 Å². The van der Waals surface area contributed by atoms with E-state index in [1.807, 2.05) is 12.3 Å². The van der Waals surface area contributed by atoms with E-state index >= 15 is 0 Å². The first-order valence-electron chi connectivity index (χ1n) is 6.85. The zero-order chi connectivity index (χ0) is 13.7. The molecule has 6 heteroatoms. The number of rotatable bonds is 5. The van der Waals surface area contributed by atoms with Crippen LogP contribution in [0.25, 0.3) is 0 Å². The predicted octanol–water partition coefficient (Wildman–Crippen LogP) is 2.98. The van der Waals surface area contributed by atoms with Crippen LogP contribution in [0.15, 0.2) is 18.5 Å². The topological polar surface area (TPSA) is 29.9 Å². The van der Waals surface area contributed by atoms with E-state index in [9.17, 15) is 13.2 Å². The van der Waals surface area contributed by atoms with Gasteiger partial charge in [0.25, 0.3) is 0 Å². The number of hydrogen-bond acceptors (Lipinski definition) is 2. The molecule has 108 valence electrons. The molecule has 1 heterocycles. The number of halogens is 3. The first kappa shape index (κ1) is 14.4. The number of aromatic nitrogens is 2. The second kappa shape index (κ2) is 6.41. The predicted molar refractivity (Wildman–Crippen MR) is 66.6 cm³/mol. The summed E-state index contributed by atoms with van der Waals surface area (Å²) in [5, 5.41) is 7.14. The Labute approximate surface area is 111 Å². The van der Waals surface area contributed by atoms with E-state index in [4.69, 9.17) is 0 Å². The quantitative estimate of drug-likeness (QED) is 0.837. The van der Waals surface area contributed by atoms with Crippen molar-refractivity contribution in [2.75, 3.05) is 6.54 Å². The molecule has 2 unspecified atom stereocenters. The van der Waals surface area contributed by atoms with Crippen molar-refractivity contribution in [2.45, 2.75) is 50.9 Å². The van der Waals surface area contributed by atoms with Crippen molar-refractivity contribution in [3.8, 4) is 0 Å². The van der Waals surface area contributed by atoms with Crippen LogP contribution in [0.3, 0.4) is 0 Å². The smallest absolute Gasteiger partial charge is 0.313 e. The molecule has 0 spiro atoms. The maximum absolute atomic E-state index is 12.9. The van der Waals surface area contributed by atoms with Gasteiger partial charge in [-0.3, -0.25) is 4.68 Å². The molecule has 1 aromatic rings. The second-order valence-corrected chi connectivity index (χ2v) is 5.12. The minimum atomic E-state index is -4.07. The third-order valence-electron chi connectivity index (χ3n) is 3.72. The Morgan fingerprint density at radius 3 is 2.74 bits per heavy atom. The van der Waals surface area contributed by atoms with E-state index in [1.54, 1.807) is 10.9 Å². The van der Waals surface area contributed by atoms with Gasteiger partial charge in [0.1, 0.15) is 0 Å². The van der Waals surface area contributed by atoms with Crippen LogP contribution >= 0.6 is 0 Å². The number of aryl methyl sites for hydroxylation is 1. The zero-order valence-electron chi connectivity index (χ0n) is 10.9. The van der Waals surface area contributed by atoms with Crippen LogP contribution in [-0.4, -0.2) is 28.5 Å². The zero-order valence-corrected chi connectivity index (χ0v) is 10.9. The first-order chi connectivity index (χ1) is 9.07. The Bertz CT molecular complexity index is 362. The second-order valence-electron chi connectivity index (χ2n) is 5.12. The maximum atomic E-state index is 12.9. The fourth-order valence-electron chi connectivity index (χ4n) is 2.73. The average Bonchev–Trinajstić information content (AvgIpc) is 2.87. The van der Waals surface area contributed by atoms with Gasteiger partial charge in [0.15, 0.2) is 0 Å². The third kappa shape index (κ3) is 4.23. The summed E-state index contributed by atoms with van der Waals surface area (Å²) in [5.41, 5.74) is 0. The fraction of sp³-hybridized carbons (Fsp3) is 0.769. The Balaban J connectivity index is 1.74. The van der Waals surface area contributed by atoms with Crippen LogP contribution in [0.5, 0.6) is 0 Å². The summed E-state index contributed by atoms with van der Waals surface area (Å²) in [4.78, 5) is 0. The van der Waals surface area contributed by atoms with Gasteiger partial charge in [0.05, 0.1) is 5.92 Å². The number of nitrogens with one attached hydrogen (secondary N) is 1. The average molecular weight is 275 g/mol. The molecule has 0 amide bonds. The van der Waals surface area contributed by atoms with Gasteiger partial charge in [-0.1, -0.05) is 12.8 Å². The molecule has 1 fully saturated rings. The molecule has 0 aliphatic heterocycles. The summed E-state index contributed by atoms with van der Waals surface area (Å²) < 4.78 is 40.4. The summed E-state index contributed by atoms with van der Waals surface area (Å²) in [6.07, 6.45) is 2.77. The Morgan fingerprint density at radius 1 is 1.26 bits per heavy atom. The maximum Gasteiger partial charge on any atom is 0.393 e. The van der Waals surface area contributed by atoms with Gasteiger partial charge >= 0.3 is 6.18 Å². The summed E-state index contributed by atoms with van der Waals surface area (Å²) >= 11 is 0. The monoisotopic (exact) mass is 275 g/mol. The molecule has 0 saturated heterocycles. The summed E-state index contributed by atoms with van der Waals surface area (Å²) in [6.45, 7) is 1.35. The molecule has 0 bridgehead atoms. The minimum absolute atomic E-state index is 0.264. The molecule has 0 aromatic carbocycles. The third-order valence-corrected chi connectivity index (χ3v) is 3.72. The van der Waals surface area contributed by atoms with Crippen LogP contribution < -0.4 is 5.32 Å². The van der Waals surface area contributed by atoms with E-state index in [0.717, 1.165) is 19.4 Å². The molecular weight excluding hydrogens is 255 g/mol. The molecule has 1 aliphatic carbocycles. The first-order valence-corrected chi connectivity index (χ1v) is 6.85. The van der Waals surface area contributed by atoms with Gasteiger partial charge in [-0.25, -0.2) is 0 Å². The molecule has 1 aromatic heterocycles. The molecule has 1 aliphatic rings. The lowest BCUT2D eigenvalue weighted by molar-refractivity contribution is -0.188. The fourth-order valence-corrected chi connectivity index (χ4v) is 2.73. The van der Waals surface area contributed by atoms with Crippen LogP contribution in [-0.2, 0) is 6.54 Å². The van der Waals surface area contributed by atoms with Crippen molar-refractivity contribution >= 4 is 0 Å². The number of alkyl halides is 3. The minimum Gasteiger partial charge on any atom is -0.313 e. The molecule has 2 rings (SSSR count). The van der Waals surface area contributed by atoms with Crippen molar-refractivity contribution in [1.82, 2.24) is 15.1 Å². The van der Waals surface area contributed by atoms with Gasteiger partial charge in [-0.15, -0.1) is 0 Å². The highest BCUT2D eigenvalue weighted by atomic mass is 19.4. The molecule has 1 N–H and O–H groups in total. The van der Waals surface area contributed by atoms with Crippen molar-refractivity contribution in [2.24, 2.45) is 5.92 Å². The number of nitrogens with zero attached hydrogens (tertiary/aromatic N) is 2. The SMILES string of the molecule is FC(F)(F)C1CCCCC1NCCCn1cccn1. The van der Waals surface area contributed by atoms with E-state index in [2.05, 4.69) is 10.4 Å². The van der Waals surface area contributed by atoms with E-state index < -0.39 is 18.1 Å². The standard InChI is InChI=1S/C13H20F3N3/c14-13(15,16)11-5-1-2-6-12(11)17-7-3-9-19-10-4-8-18-19/h4,8,10-12,17H,1-3,5-7,9H2. The van der Waals surface area contributed by atoms with Gasteiger partial charge in [-0.2, -0.15) is 18.3 Å². The number of hydrogen-bond donors (Lipinski definition) is 1. The summed E-state index contributed by atoms with van der Waals surface area (Å²) in [7, 11) is 0. The van der Waals surface area contributed by atoms with Gasteiger partial charge in [-0.05, 0) is 31.9 Å². The molecule has 0 radical (unpaired) electrons. The highest BCUT2D eigenvalue weighted by Crippen LogP contribution is 2.37. The highest BCUT2D eigenvalue weighted by Gasteiger charge is 2.45. The van der Waals surface area contributed by atoms with Crippen LogP contribution in [0.4, 0.5) is 13.2 Å². The molecule has 1 saturated carbocycles. The molecular formula is C13H20F3N3. The highest BCUT2D eigenvalue weighted by molar-refractivity contribution is 4.85. The van der Waals surface area contributed by atoms with Crippen molar-refractivity contribution in [1.29, 1.82) is 0 Å². The summed E-state index contributed by atoms with van der Waals surface area (Å²) in [6, 6.07) is 1.43. The van der Waals surface area contributed by atoms with Crippen LogP contribution in [0.2, 0.25) is 0 Å². The lowest BCUT2D eigenvalue weighted by Gasteiger charge is -2.33. The molecule has 19 heavy (non-hydrogen) atoms. The largest absolute Gasteiger partial charge is 0.393 e. The van der Waals surface area contributed by atoms with Crippen molar-refractivity contribution < 1.29 is 13.2 Å². The van der Waals surface area contributed by atoms with Crippen LogP contribution in [0, 0.1) is 5.92 Å². The summed E-state index contributed by atoms with van der Waals surface area (Å²) in [5.74, 6) is -1.18. The Hall–Kier alpha value is -1.04. The lowest BCUT2D eigenvalue weighted by atomic mass is 9.84. The van der Waals surface area contributed by atoms with Crippen molar-refractivity contribution in [3.63, 3.8) is 0 Å². The van der Waals surface area contributed by atoms with E-state index in [1.165, 1.54) is 0 Å². The van der Waals surface area contributed by atoms with Gasteiger partial charge < -0.3 is 5.32 Å². The Kier molecular flexibility index (Phi) is 4.85.